The molecule has 1 atom stereocenters. The molecule has 2 nitrogen and oxygen atoms in total. The van der Waals surface area contributed by atoms with Crippen LogP contribution in [0.3, 0.4) is 0 Å². The minimum atomic E-state index is -0.897. The lowest BCUT2D eigenvalue weighted by atomic mass is 10.0. The van der Waals surface area contributed by atoms with Gasteiger partial charge in [0, 0.05) is 12.1 Å². The van der Waals surface area contributed by atoms with Gasteiger partial charge < -0.3 is 10.8 Å². The third kappa shape index (κ3) is 2.26. The molecule has 1 aromatic rings. The monoisotopic (exact) mass is 183 g/mol. The van der Waals surface area contributed by atoms with Crippen LogP contribution in [-0.2, 0) is 6.42 Å². The van der Waals surface area contributed by atoms with Gasteiger partial charge in [-0.1, -0.05) is 19.1 Å². The Morgan fingerprint density at radius 3 is 2.77 bits per heavy atom. The maximum Gasteiger partial charge on any atom is 0.129 e. The van der Waals surface area contributed by atoms with E-state index in [2.05, 4.69) is 0 Å². The van der Waals surface area contributed by atoms with Gasteiger partial charge in [-0.05, 0) is 18.1 Å². The van der Waals surface area contributed by atoms with Gasteiger partial charge in [0.1, 0.15) is 5.82 Å². The molecular weight excluding hydrogens is 169 g/mol. The van der Waals surface area contributed by atoms with Crippen molar-refractivity contribution < 1.29 is 9.50 Å². The smallest absolute Gasteiger partial charge is 0.129 e. The first-order chi connectivity index (χ1) is 6.19. The molecule has 0 saturated heterocycles. The summed E-state index contributed by atoms with van der Waals surface area (Å²) < 4.78 is 13.1. The van der Waals surface area contributed by atoms with E-state index >= 15 is 0 Å². The van der Waals surface area contributed by atoms with Gasteiger partial charge in [0.15, 0.2) is 0 Å². The normalized spacial score (nSPS) is 12.9. The maximum absolute atomic E-state index is 13.1. The second-order valence-corrected chi connectivity index (χ2v) is 2.96. The van der Waals surface area contributed by atoms with Crippen molar-refractivity contribution in [3.05, 3.63) is 35.1 Å². The summed E-state index contributed by atoms with van der Waals surface area (Å²) in [6.07, 6.45) is -0.0728. The number of nitrogens with two attached hydrogens (primary N) is 1. The zero-order valence-corrected chi connectivity index (χ0v) is 7.63. The van der Waals surface area contributed by atoms with Crippen LogP contribution in [0.2, 0.25) is 0 Å². The zero-order valence-electron chi connectivity index (χ0n) is 7.63. The lowest BCUT2D eigenvalue weighted by Gasteiger charge is -2.10. The molecule has 0 spiro atoms. The van der Waals surface area contributed by atoms with Crippen molar-refractivity contribution in [1.29, 1.82) is 0 Å². The van der Waals surface area contributed by atoms with Gasteiger partial charge in [-0.3, -0.25) is 0 Å². The lowest BCUT2D eigenvalue weighted by Crippen LogP contribution is -2.13. The Morgan fingerprint density at radius 2 is 2.23 bits per heavy atom. The van der Waals surface area contributed by atoms with E-state index in [1.54, 1.807) is 12.1 Å². The minimum Gasteiger partial charge on any atom is -0.387 e. The Balaban J connectivity index is 3.03. The molecule has 0 bridgehead atoms. The largest absolute Gasteiger partial charge is 0.387 e. The average molecular weight is 183 g/mol. The molecule has 0 heterocycles. The quantitative estimate of drug-likeness (QED) is 0.743. The van der Waals surface area contributed by atoms with Crippen LogP contribution in [0, 0.1) is 5.82 Å². The van der Waals surface area contributed by atoms with E-state index in [4.69, 9.17) is 5.73 Å². The Morgan fingerprint density at radius 1 is 1.54 bits per heavy atom. The number of benzene rings is 1. The van der Waals surface area contributed by atoms with Crippen LogP contribution in [0.15, 0.2) is 18.2 Å². The number of aliphatic hydroxyl groups excluding tert-OH is 1. The van der Waals surface area contributed by atoms with Crippen LogP contribution in [-0.4, -0.2) is 11.7 Å². The van der Waals surface area contributed by atoms with Gasteiger partial charge >= 0.3 is 0 Å². The number of rotatable bonds is 3. The van der Waals surface area contributed by atoms with Gasteiger partial charge in [-0.2, -0.15) is 0 Å². The van der Waals surface area contributed by atoms with Crippen molar-refractivity contribution >= 4 is 0 Å². The number of aliphatic hydroxyl groups is 1. The average Bonchev–Trinajstić information content (AvgIpc) is 2.17. The summed E-state index contributed by atoms with van der Waals surface area (Å²) in [4.78, 5) is 0. The Bertz CT molecular complexity index is 288. The van der Waals surface area contributed by atoms with Crippen LogP contribution >= 0.6 is 0 Å². The summed E-state index contributed by atoms with van der Waals surface area (Å²) >= 11 is 0. The van der Waals surface area contributed by atoms with Crippen molar-refractivity contribution in [1.82, 2.24) is 0 Å². The number of aryl methyl sites for hydroxylation is 1. The highest BCUT2D eigenvalue weighted by atomic mass is 19.1. The molecule has 0 fully saturated rings. The predicted octanol–water partition coefficient (Wildman–Crippen LogP) is 1.38. The van der Waals surface area contributed by atoms with E-state index < -0.39 is 11.9 Å². The van der Waals surface area contributed by atoms with Crippen molar-refractivity contribution in [2.24, 2.45) is 5.73 Å². The molecule has 0 aliphatic heterocycles. The predicted molar refractivity (Wildman–Crippen MR) is 49.8 cm³/mol. The lowest BCUT2D eigenvalue weighted by molar-refractivity contribution is 0.181. The van der Waals surface area contributed by atoms with Crippen LogP contribution in [0.5, 0.6) is 0 Å². The highest BCUT2D eigenvalue weighted by Crippen LogP contribution is 2.18. The molecule has 0 aliphatic rings. The van der Waals surface area contributed by atoms with E-state index in [1.807, 2.05) is 6.92 Å². The van der Waals surface area contributed by atoms with Gasteiger partial charge in [-0.25, -0.2) is 4.39 Å². The molecular formula is C10H14FNO. The van der Waals surface area contributed by atoms with E-state index in [9.17, 15) is 9.50 Å². The van der Waals surface area contributed by atoms with Crippen LogP contribution < -0.4 is 5.73 Å². The van der Waals surface area contributed by atoms with Gasteiger partial charge in [0.05, 0.1) is 6.10 Å². The fraction of sp³-hybridized carbons (Fsp3) is 0.400. The molecule has 72 valence electrons. The van der Waals surface area contributed by atoms with Crippen molar-refractivity contribution in [2.75, 3.05) is 6.54 Å². The summed E-state index contributed by atoms with van der Waals surface area (Å²) in [5, 5.41) is 9.37. The van der Waals surface area contributed by atoms with Crippen molar-refractivity contribution in [3.8, 4) is 0 Å². The molecule has 0 aromatic heterocycles. The summed E-state index contributed by atoms with van der Waals surface area (Å²) in [5.41, 5.74) is 6.54. The second-order valence-electron chi connectivity index (χ2n) is 2.96. The molecule has 3 heteroatoms. The molecule has 0 amide bonds. The number of hydrogen-bond acceptors (Lipinski definition) is 2. The van der Waals surface area contributed by atoms with E-state index in [1.165, 1.54) is 6.07 Å². The van der Waals surface area contributed by atoms with E-state index in [-0.39, 0.29) is 6.54 Å². The van der Waals surface area contributed by atoms with Gasteiger partial charge in [-0.15, -0.1) is 0 Å². The molecule has 0 saturated carbocycles. The topological polar surface area (TPSA) is 46.2 Å². The first kappa shape index (κ1) is 10.2. The Kier molecular flexibility index (Phi) is 3.39. The second kappa shape index (κ2) is 4.35. The molecule has 1 rings (SSSR count). The summed E-state index contributed by atoms with van der Waals surface area (Å²) in [7, 11) is 0. The van der Waals surface area contributed by atoms with Crippen LogP contribution in [0.1, 0.15) is 24.2 Å². The molecule has 0 radical (unpaired) electrons. The molecule has 1 aromatic carbocycles. The van der Waals surface area contributed by atoms with Gasteiger partial charge in [0.25, 0.3) is 0 Å². The van der Waals surface area contributed by atoms with E-state index in [0.717, 1.165) is 12.0 Å². The van der Waals surface area contributed by atoms with E-state index in [0.29, 0.717) is 5.56 Å². The Hall–Kier alpha value is -0.930. The minimum absolute atomic E-state index is 0.0457. The fourth-order valence-electron chi connectivity index (χ4n) is 1.20. The maximum atomic E-state index is 13.1. The SMILES string of the molecule is CCc1ccc(F)c(C(O)CN)c1. The molecule has 0 aliphatic carbocycles. The zero-order chi connectivity index (χ0) is 9.84. The Labute approximate surface area is 77.2 Å². The van der Waals surface area contributed by atoms with Gasteiger partial charge in [0.2, 0.25) is 0 Å². The van der Waals surface area contributed by atoms with Crippen molar-refractivity contribution in [3.63, 3.8) is 0 Å². The summed E-state index contributed by atoms with van der Waals surface area (Å²) in [6.45, 7) is 2.02. The number of halogens is 1. The standard InChI is InChI=1S/C10H14FNO/c1-2-7-3-4-9(11)8(5-7)10(13)6-12/h3-5,10,13H,2,6,12H2,1H3. The first-order valence-electron chi connectivity index (χ1n) is 4.35. The third-order valence-electron chi connectivity index (χ3n) is 2.05. The van der Waals surface area contributed by atoms with Crippen LogP contribution in [0.4, 0.5) is 4.39 Å². The van der Waals surface area contributed by atoms with Crippen LogP contribution in [0.25, 0.3) is 0 Å². The number of hydrogen-bond donors (Lipinski definition) is 2. The molecule has 1 unspecified atom stereocenters. The molecule has 13 heavy (non-hydrogen) atoms. The highest BCUT2D eigenvalue weighted by molar-refractivity contribution is 5.27. The molecule has 3 N–H and O–H groups in total. The third-order valence-corrected chi connectivity index (χ3v) is 2.05. The summed E-state index contributed by atoms with van der Waals surface area (Å²) in [6, 6.07) is 4.74. The summed E-state index contributed by atoms with van der Waals surface area (Å²) in [5.74, 6) is -0.393. The first-order valence-corrected chi connectivity index (χ1v) is 4.35. The highest BCUT2D eigenvalue weighted by Gasteiger charge is 2.10. The van der Waals surface area contributed by atoms with Crippen molar-refractivity contribution in [2.45, 2.75) is 19.4 Å². The fourth-order valence-corrected chi connectivity index (χ4v) is 1.20.